The molecule has 2 aliphatic carbocycles. The molecule has 1 aromatic carbocycles. The summed E-state index contributed by atoms with van der Waals surface area (Å²) in [7, 11) is 0. The van der Waals surface area contributed by atoms with E-state index < -0.39 is 0 Å². The highest BCUT2D eigenvalue weighted by molar-refractivity contribution is 6.13. The maximum Gasteiger partial charge on any atom is 0.227 e. The molecule has 1 heterocycles. The molecule has 146 valence electrons. The molecule has 0 fully saturated rings. The summed E-state index contributed by atoms with van der Waals surface area (Å²) in [6.45, 7) is 0. The lowest BCUT2D eigenvalue weighted by molar-refractivity contribution is -0.316. The van der Waals surface area contributed by atoms with Crippen LogP contribution in [0.2, 0.25) is 0 Å². The molecule has 2 aromatic rings. The van der Waals surface area contributed by atoms with Gasteiger partial charge in [-0.1, -0.05) is 18.2 Å². The zero-order valence-corrected chi connectivity index (χ0v) is 15.7. The van der Waals surface area contributed by atoms with Crippen molar-refractivity contribution in [3.8, 4) is 0 Å². The van der Waals surface area contributed by atoms with Crippen molar-refractivity contribution in [2.24, 2.45) is 5.92 Å². The van der Waals surface area contributed by atoms with Gasteiger partial charge >= 0.3 is 0 Å². The summed E-state index contributed by atoms with van der Waals surface area (Å²) in [5.74, 6) is 0.000998. The standard InChI is InChI=1S/C23H21FN4O/c24-17-7-9-18(10-8-17)27-23-26-13-12-21(28-23)16-6-11-20(25)19(14-16)22(29)15-4-2-1-3-5-15/h1-2,6-15,25,29H,3-5H2,(H,26,27,28)/p-1/b22-19-,25-20?. The second-order valence-corrected chi connectivity index (χ2v) is 7.00. The molecule has 0 aliphatic heterocycles. The van der Waals surface area contributed by atoms with Gasteiger partial charge in [-0.3, -0.25) is 0 Å². The van der Waals surface area contributed by atoms with Crippen LogP contribution in [0.5, 0.6) is 0 Å². The van der Waals surface area contributed by atoms with Gasteiger partial charge in [-0.05, 0) is 73.2 Å². The smallest absolute Gasteiger partial charge is 0.227 e. The van der Waals surface area contributed by atoms with E-state index in [0.29, 0.717) is 22.9 Å². The van der Waals surface area contributed by atoms with Crippen molar-refractivity contribution in [2.75, 3.05) is 5.32 Å². The highest BCUT2D eigenvalue weighted by Crippen LogP contribution is 2.29. The van der Waals surface area contributed by atoms with Gasteiger partial charge in [-0.25, -0.2) is 14.4 Å². The molecule has 29 heavy (non-hydrogen) atoms. The normalized spacial score (nSPS) is 20.4. The van der Waals surface area contributed by atoms with E-state index in [1.807, 2.05) is 6.08 Å². The Morgan fingerprint density at radius 3 is 2.72 bits per heavy atom. The van der Waals surface area contributed by atoms with E-state index in [1.165, 1.54) is 12.1 Å². The van der Waals surface area contributed by atoms with Crippen molar-refractivity contribution in [1.29, 1.82) is 5.41 Å². The van der Waals surface area contributed by atoms with Crippen molar-refractivity contribution >= 4 is 22.9 Å². The van der Waals surface area contributed by atoms with Crippen molar-refractivity contribution in [3.05, 3.63) is 89.8 Å². The third kappa shape index (κ3) is 4.32. The fraction of sp³-hybridized carbons (Fsp3) is 0.174. The Hall–Kier alpha value is -3.54. The van der Waals surface area contributed by atoms with Crippen molar-refractivity contribution in [1.82, 2.24) is 9.97 Å². The predicted molar refractivity (Wildman–Crippen MR) is 110 cm³/mol. The summed E-state index contributed by atoms with van der Waals surface area (Å²) in [5.41, 5.74) is 2.72. The monoisotopic (exact) mass is 387 g/mol. The minimum atomic E-state index is -0.314. The van der Waals surface area contributed by atoms with Crippen LogP contribution in [0.25, 0.3) is 5.57 Å². The molecular formula is C23H20FN4O-. The zero-order chi connectivity index (χ0) is 20.2. The Kier molecular flexibility index (Phi) is 5.33. The fourth-order valence-corrected chi connectivity index (χ4v) is 3.40. The molecule has 1 atom stereocenters. The highest BCUT2D eigenvalue weighted by atomic mass is 19.1. The lowest BCUT2D eigenvalue weighted by Crippen LogP contribution is -2.22. The topological polar surface area (TPSA) is 84.7 Å². The van der Waals surface area contributed by atoms with Gasteiger partial charge in [0.05, 0.1) is 11.4 Å². The lowest BCUT2D eigenvalue weighted by Gasteiger charge is -2.29. The molecule has 2 N–H and O–H groups in total. The van der Waals surface area contributed by atoms with Gasteiger partial charge in [-0.2, -0.15) is 0 Å². The number of nitrogens with one attached hydrogen (secondary N) is 2. The summed E-state index contributed by atoms with van der Waals surface area (Å²) in [4.78, 5) is 8.71. The first-order chi connectivity index (χ1) is 14.1. The molecule has 1 unspecified atom stereocenters. The molecule has 0 saturated carbocycles. The second-order valence-electron chi connectivity index (χ2n) is 7.00. The summed E-state index contributed by atoms with van der Waals surface area (Å²) in [6, 6.07) is 7.69. The van der Waals surface area contributed by atoms with Crippen molar-refractivity contribution < 1.29 is 9.50 Å². The SMILES string of the molecule is N=C1C=CC(c2ccnc(Nc3ccc(F)cc3)n2)=C/C1=C(/[O-])C1CC=CCC1. The van der Waals surface area contributed by atoms with E-state index >= 15 is 0 Å². The van der Waals surface area contributed by atoms with Gasteiger partial charge < -0.3 is 15.8 Å². The van der Waals surface area contributed by atoms with Gasteiger partial charge in [-0.15, -0.1) is 5.76 Å². The van der Waals surface area contributed by atoms with E-state index in [9.17, 15) is 9.50 Å². The molecule has 6 heteroatoms. The number of nitrogens with zero attached hydrogens (tertiary/aromatic N) is 2. The average molecular weight is 387 g/mol. The average Bonchev–Trinajstić information content (AvgIpc) is 2.76. The molecule has 2 aliphatic rings. The van der Waals surface area contributed by atoms with E-state index in [4.69, 9.17) is 5.41 Å². The van der Waals surface area contributed by atoms with E-state index in [1.54, 1.807) is 42.6 Å². The molecule has 0 radical (unpaired) electrons. The number of anilines is 2. The number of hydrogen-bond acceptors (Lipinski definition) is 5. The predicted octanol–water partition coefficient (Wildman–Crippen LogP) is 4.30. The first kappa shape index (κ1) is 18.8. The molecule has 0 amide bonds. The number of allylic oxidation sites excluding steroid dienone is 8. The van der Waals surface area contributed by atoms with Gasteiger partial charge in [0, 0.05) is 17.5 Å². The number of benzene rings is 1. The molecular weight excluding hydrogens is 367 g/mol. The van der Waals surface area contributed by atoms with Crippen LogP contribution in [0.15, 0.2) is 78.2 Å². The van der Waals surface area contributed by atoms with E-state index in [2.05, 4.69) is 21.4 Å². The lowest BCUT2D eigenvalue weighted by atomic mass is 9.87. The van der Waals surface area contributed by atoms with Gasteiger partial charge in [0.15, 0.2) is 0 Å². The Morgan fingerprint density at radius 1 is 1.14 bits per heavy atom. The highest BCUT2D eigenvalue weighted by Gasteiger charge is 2.16. The first-order valence-corrected chi connectivity index (χ1v) is 9.51. The molecule has 4 rings (SSSR count). The molecule has 5 nitrogen and oxygen atoms in total. The molecule has 0 bridgehead atoms. The number of halogens is 1. The van der Waals surface area contributed by atoms with Gasteiger partial charge in [0.2, 0.25) is 5.95 Å². The van der Waals surface area contributed by atoms with Crippen LogP contribution in [0.1, 0.15) is 25.0 Å². The molecule has 0 spiro atoms. The van der Waals surface area contributed by atoms with Crippen LogP contribution in [0.4, 0.5) is 16.0 Å². The van der Waals surface area contributed by atoms with Crippen LogP contribution in [0, 0.1) is 17.1 Å². The van der Waals surface area contributed by atoms with Gasteiger partial charge in [0.25, 0.3) is 0 Å². The third-order valence-corrected chi connectivity index (χ3v) is 4.98. The van der Waals surface area contributed by atoms with Crippen LogP contribution in [-0.2, 0) is 0 Å². The Bertz CT molecular complexity index is 1050. The number of hydrogen-bond donors (Lipinski definition) is 2. The van der Waals surface area contributed by atoms with Crippen molar-refractivity contribution in [3.63, 3.8) is 0 Å². The van der Waals surface area contributed by atoms with E-state index in [0.717, 1.165) is 24.8 Å². The largest absolute Gasteiger partial charge is 0.875 e. The molecule has 1 aromatic heterocycles. The minimum Gasteiger partial charge on any atom is -0.875 e. The Balaban J connectivity index is 1.61. The minimum absolute atomic E-state index is 0.0138. The zero-order valence-electron chi connectivity index (χ0n) is 15.7. The molecule has 0 saturated heterocycles. The Morgan fingerprint density at radius 2 is 1.97 bits per heavy atom. The summed E-state index contributed by atoms with van der Waals surface area (Å²) >= 11 is 0. The van der Waals surface area contributed by atoms with E-state index in [-0.39, 0.29) is 23.2 Å². The maximum absolute atomic E-state index is 13.1. The van der Waals surface area contributed by atoms with Crippen LogP contribution in [-0.4, -0.2) is 15.7 Å². The first-order valence-electron chi connectivity index (χ1n) is 9.51. The summed E-state index contributed by atoms with van der Waals surface area (Å²) in [5, 5.41) is 24.1. The Labute approximate surface area is 168 Å². The summed E-state index contributed by atoms with van der Waals surface area (Å²) in [6.07, 6.45) is 13.4. The van der Waals surface area contributed by atoms with Crippen LogP contribution in [0.3, 0.4) is 0 Å². The van der Waals surface area contributed by atoms with Crippen LogP contribution >= 0.6 is 0 Å². The van der Waals surface area contributed by atoms with Gasteiger partial charge in [0.1, 0.15) is 5.82 Å². The van der Waals surface area contributed by atoms with Crippen molar-refractivity contribution in [2.45, 2.75) is 19.3 Å². The quantitative estimate of drug-likeness (QED) is 0.605. The number of rotatable bonds is 4. The third-order valence-electron chi connectivity index (χ3n) is 4.98. The second kappa shape index (κ2) is 8.22. The maximum atomic E-state index is 13.1. The van der Waals surface area contributed by atoms with Crippen LogP contribution < -0.4 is 10.4 Å². The number of aromatic nitrogens is 2. The fourth-order valence-electron chi connectivity index (χ4n) is 3.40. The summed E-state index contributed by atoms with van der Waals surface area (Å²) < 4.78 is 13.1.